The Labute approximate surface area is 99.7 Å². The van der Waals surface area contributed by atoms with Crippen LogP contribution in [0.2, 0.25) is 0 Å². The minimum absolute atomic E-state index is 0.0246. The molecule has 0 radical (unpaired) electrons. The predicted molar refractivity (Wildman–Crippen MR) is 66.6 cm³/mol. The molecule has 0 aliphatic rings. The van der Waals surface area contributed by atoms with Crippen molar-refractivity contribution >= 4 is 17.6 Å². The maximum absolute atomic E-state index is 10.7. The third kappa shape index (κ3) is 4.20. The Kier molecular flexibility index (Phi) is 3.93. The van der Waals surface area contributed by atoms with Crippen LogP contribution in [0.15, 0.2) is 23.1 Å². The fraction of sp³-hybridized carbons (Fsp3) is 0.455. The Hall–Kier alpha value is -1.07. The van der Waals surface area contributed by atoms with Gasteiger partial charge in [-0.25, -0.2) is 0 Å². The summed E-state index contributed by atoms with van der Waals surface area (Å²) in [4.78, 5) is 11.2. The van der Waals surface area contributed by atoms with Crippen molar-refractivity contribution in [2.24, 2.45) is 0 Å². The van der Waals surface area contributed by atoms with Crippen LogP contribution in [-0.4, -0.2) is 10.5 Å². The van der Waals surface area contributed by atoms with Crippen molar-refractivity contribution in [2.75, 3.05) is 0 Å². The summed E-state index contributed by atoms with van der Waals surface area (Å²) in [5.74, 6) is 0. The van der Waals surface area contributed by atoms with E-state index in [-0.39, 0.29) is 16.1 Å². The number of non-ortho nitro benzene ring substituents is 1. The molecule has 5 heteroatoms. The first-order valence-electron chi connectivity index (χ1n) is 4.98. The summed E-state index contributed by atoms with van der Waals surface area (Å²) in [5, 5.41) is 10.7. The minimum Gasteiger partial charge on any atom is -0.258 e. The highest BCUT2D eigenvalue weighted by Crippen LogP contribution is 2.24. The fourth-order valence-corrected chi connectivity index (χ4v) is 1.95. The molecule has 0 amide bonds. The fourth-order valence-electron chi connectivity index (χ4n) is 1.10. The van der Waals surface area contributed by atoms with Gasteiger partial charge in [0.2, 0.25) is 0 Å². The van der Waals surface area contributed by atoms with E-state index in [2.05, 4.69) is 4.72 Å². The number of nitro groups is 1. The van der Waals surface area contributed by atoms with Gasteiger partial charge in [-0.05, 0) is 51.3 Å². The van der Waals surface area contributed by atoms with Gasteiger partial charge in [0.15, 0.2) is 0 Å². The molecule has 1 aromatic carbocycles. The van der Waals surface area contributed by atoms with Gasteiger partial charge < -0.3 is 0 Å². The molecule has 0 saturated carbocycles. The van der Waals surface area contributed by atoms with Crippen LogP contribution in [0.4, 0.5) is 5.69 Å². The average molecular weight is 240 g/mol. The zero-order valence-electron chi connectivity index (χ0n) is 9.90. The lowest BCUT2D eigenvalue weighted by atomic mass is 10.1. The third-order valence-corrected chi connectivity index (χ3v) is 2.91. The van der Waals surface area contributed by atoms with Crippen molar-refractivity contribution in [3.63, 3.8) is 0 Å². The molecule has 0 aromatic heterocycles. The van der Waals surface area contributed by atoms with Gasteiger partial charge in [0, 0.05) is 22.6 Å². The highest BCUT2D eigenvalue weighted by Gasteiger charge is 2.12. The maximum atomic E-state index is 10.7. The van der Waals surface area contributed by atoms with Crippen LogP contribution < -0.4 is 4.72 Å². The van der Waals surface area contributed by atoms with Crippen LogP contribution in [0.25, 0.3) is 0 Å². The van der Waals surface area contributed by atoms with E-state index in [4.69, 9.17) is 0 Å². The minimum atomic E-state index is -0.367. The number of hydrogen-bond donors (Lipinski definition) is 1. The van der Waals surface area contributed by atoms with Crippen LogP contribution in [0.1, 0.15) is 26.3 Å². The predicted octanol–water partition coefficient (Wildman–Crippen LogP) is 3.30. The summed E-state index contributed by atoms with van der Waals surface area (Å²) >= 11 is 1.42. The Balaban J connectivity index is 2.85. The van der Waals surface area contributed by atoms with Gasteiger partial charge in [-0.2, -0.15) is 0 Å². The van der Waals surface area contributed by atoms with Gasteiger partial charge >= 0.3 is 0 Å². The van der Waals surface area contributed by atoms with E-state index in [0.717, 1.165) is 10.5 Å². The number of rotatable bonds is 3. The first-order chi connectivity index (χ1) is 7.28. The molecular formula is C11H16N2O2S. The van der Waals surface area contributed by atoms with Crippen LogP contribution in [0, 0.1) is 17.0 Å². The molecule has 0 heterocycles. The van der Waals surface area contributed by atoms with E-state index in [9.17, 15) is 10.1 Å². The molecule has 0 spiro atoms. The zero-order valence-corrected chi connectivity index (χ0v) is 10.7. The number of hydrogen-bond acceptors (Lipinski definition) is 4. The number of aryl methyl sites for hydroxylation is 1. The van der Waals surface area contributed by atoms with Crippen LogP contribution in [0.3, 0.4) is 0 Å². The summed E-state index contributed by atoms with van der Waals surface area (Å²) in [6, 6.07) is 5.08. The van der Waals surface area contributed by atoms with Gasteiger partial charge in [0.05, 0.1) is 4.92 Å². The Morgan fingerprint density at radius 1 is 1.31 bits per heavy atom. The summed E-state index contributed by atoms with van der Waals surface area (Å²) in [7, 11) is 0. The van der Waals surface area contributed by atoms with E-state index in [1.165, 1.54) is 11.9 Å². The Morgan fingerprint density at radius 3 is 2.44 bits per heavy atom. The smallest absolute Gasteiger partial charge is 0.258 e. The lowest BCUT2D eigenvalue weighted by Gasteiger charge is -2.19. The molecule has 1 N–H and O–H groups in total. The van der Waals surface area contributed by atoms with Crippen LogP contribution in [-0.2, 0) is 0 Å². The second-order valence-corrected chi connectivity index (χ2v) is 5.60. The standard InChI is InChI=1S/C11H16N2O2S/c1-8-5-9(13(14)15)7-10(6-8)16-12-11(2,3)4/h5-7,12H,1-4H3. The highest BCUT2D eigenvalue weighted by molar-refractivity contribution is 7.97. The van der Waals surface area contributed by atoms with Gasteiger partial charge in [-0.15, -0.1) is 0 Å². The van der Waals surface area contributed by atoms with Crippen molar-refractivity contribution in [1.82, 2.24) is 4.72 Å². The molecule has 0 atom stereocenters. The van der Waals surface area contributed by atoms with E-state index < -0.39 is 0 Å². The molecule has 0 unspecified atom stereocenters. The Bertz CT molecular complexity index is 399. The normalized spacial score (nSPS) is 11.5. The van der Waals surface area contributed by atoms with Crippen molar-refractivity contribution in [1.29, 1.82) is 0 Å². The summed E-state index contributed by atoms with van der Waals surface area (Å²) in [6.45, 7) is 7.99. The van der Waals surface area contributed by atoms with Crippen molar-refractivity contribution in [2.45, 2.75) is 38.1 Å². The molecule has 4 nitrogen and oxygen atoms in total. The summed E-state index contributed by atoms with van der Waals surface area (Å²) in [5.41, 5.74) is 1.01. The molecule has 0 saturated heterocycles. The van der Waals surface area contributed by atoms with Gasteiger partial charge in [-0.1, -0.05) is 0 Å². The van der Waals surface area contributed by atoms with E-state index in [1.807, 2.05) is 33.8 Å². The maximum Gasteiger partial charge on any atom is 0.270 e. The number of nitro benzene ring substituents is 1. The van der Waals surface area contributed by atoms with Crippen molar-refractivity contribution in [3.8, 4) is 0 Å². The second-order valence-electron chi connectivity index (χ2n) is 4.72. The lowest BCUT2D eigenvalue weighted by molar-refractivity contribution is -0.385. The molecule has 0 aliphatic carbocycles. The first-order valence-corrected chi connectivity index (χ1v) is 5.80. The monoisotopic (exact) mass is 240 g/mol. The number of benzene rings is 1. The molecular weight excluding hydrogens is 224 g/mol. The molecule has 1 aromatic rings. The number of nitrogens with one attached hydrogen (secondary N) is 1. The van der Waals surface area contributed by atoms with Gasteiger partial charge in [0.1, 0.15) is 0 Å². The Morgan fingerprint density at radius 2 is 1.94 bits per heavy atom. The molecule has 16 heavy (non-hydrogen) atoms. The van der Waals surface area contributed by atoms with Crippen molar-refractivity contribution in [3.05, 3.63) is 33.9 Å². The molecule has 0 fully saturated rings. The molecule has 1 rings (SSSR count). The topological polar surface area (TPSA) is 55.2 Å². The summed E-state index contributed by atoms with van der Waals surface area (Å²) in [6.07, 6.45) is 0. The molecule has 0 aliphatic heterocycles. The molecule has 0 bridgehead atoms. The third-order valence-electron chi connectivity index (χ3n) is 1.72. The van der Waals surface area contributed by atoms with E-state index >= 15 is 0 Å². The first kappa shape index (κ1) is 13.0. The van der Waals surface area contributed by atoms with Crippen LogP contribution in [0.5, 0.6) is 0 Å². The largest absolute Gasteiger partial charge is 0.270 e. The van der Waals surface area contributed by atoms with E-state index in [0.29, 0.717) is 0 Å². The summed E-state index contributed by atoms with van der Waals surface area (Å²) < 4.78 is 3.23. The van der Waals surface area contributed by atoms with E-state index in [1.54, 1.807) is 12.1 Å². The second kappa shape index (κ2) is 4.84. The van der Waals surface area contributed by atoms with Gasteiger partial charge in [-0.3, -0.25) is 14.8 Å². The van der Waals surface area contributed by atoms with Crippen molar-refractivity contribution < 1.29 is 4.92 Å². The quantitative estimate of drug-likeness (QED) is 0.500. The SMILES string of the molecule is Cc1cc(SNC(C)(C)C)cc([N+](=O)[O-])c1. The van der Waals surface area contributed by atoms with Crippen LogP contribution >= 0.6 is 11.9 Å². The zero-order chi connectivity index (χ0) is 12.3. The number of nitrogens with zero attached hydrogens (tertiary/aromatic N) is 1. The molecule has 88 valence electrons. The van der Waals surface area contributed by atoms with Gasteiger partial charge in [0.25, 0.3) is 5.69 Å². The average Bonchev–Trinajstić information content (AvgIpc) is 2.13. The highest BCUT2D eigenvalue weighted by atomic mass is 32.2. The lowest BCUT2D eigenvalue weighted by Crippen LogP contribution is -2.29.